The highest BCUT2D eigenvalue weighted by Gasteiger charge is 2.39. The second kappa shape index (κ2) is 12.7. The maximum absolute atomic E-state index is 13.7. The van der Waals surface area contributed by atoms with E-state index in [9.17, 15) is 4.57 Å². The molecule has 3 heterocycles. The molecule has 3 N–H and O–H groups in total. The molecular weight excluding hydrogens is 541 g/mol. The van der Waals surface area contributed by atoms with Gasteiger partial charge in [0.15, 0.2) is 10.8 Å². The SMILES string of the molecule is CCOOC[C@H](C)NP(=O)(OC[C@@H]1O[C@H](n2cnc3c(Cl)nc(N)nc32)CC1N=[N+]=[N-])Oc1ccccc1. The summed E-state index contributed by atoms with van der Waals surface area (Å²) in [6.07, 6.45) is 0.334. The van der Waals surface area contributed by atoms with E-state index in [0.717, 1.165) is 0 Å². The van der Waals surface area contributed by atoms with Crippen molar-refractivity contribution in [2.75, 3.05) is 25.6 Å². The first-order chi connectivity index (χ1) is 18.3. The maximum Gasteiger partial charge on any atom is 0.459 e. The Labute approximate surface area is 222 Å². The Morgan fingerprint density at radius 3 is 2.89 bits per heavy atom. The van der Waals surface area contributed by atoms with Crippen molar-refractivity contribution in [1.82, 2.24) is 24.6 Å². The quantitative estimate of drug-likeness (QED) is 0.0439. The first-order valence-corrected chi connectivity index (χ1v) is 13.6. The molecule has 1 fully saturated rings. The third-order valence-corrected chi connectivity index (χ3v) is 7.35. The topological polar surface area (TPSA) is 194 Å². The summed E-state index contributed by atoms with van der Waals surface area (Å²) in [4.78, 5) is 25.2. The highest BCUT2D eigenvalue weighted by Crippen LogP contribution is 2.46. The standard InChI is InChI=1S/C21H27ClN9O6P/c1-3-33-34-10-13(2)29-38(32,37-14-7-5-4-6-8-14)35-11-16-15(28-30-24)9-17(36-16)31-12-25-18-19(22)26-21(23)27-20(18)31/h4-8,12-13,15-17H,3,9-11H2,1-2H3,(H,29,32)(H2,23,26,27)/t13-,15?,16-,17-,38?/m0/s1. The summed E-state index contributed by atoms with van der Waals surface area (Å²) in [7, 11) is -3.95. The number of nitrogens with two attached hydrogens (primary N) is 1. The number of imidazole rings is 1. The largest absolute Gasteiger partial charge is 0.459 e. The molecule has 1 saturated heterocycles. The van der Waals surface area contributed by atoms with Gasteiger partial charge in [0, 0.05) is 17.4 Å². The number of nitrogens with one attached hydrogen (secondary N) is 1. The monoisotopic (exact) mass is 567 g/mol. The number of para-hydroxylation sites is 1. The molecule has 0 saturated carbocycles. The number of nitrogens with zero attached hydrogens (tertiary/aromatic N) is 7. The van der Waals surface area contributed by atoms with Gasteiger partial charge in [-0.15, -0.1) is 0 Å². The van der Waals surface area contributed by atoms with Crippen molar-refractivity contribution >= 4 is 36.5 Å². The van der Waals surface area contributed by atoms with Gasteiger partial charge in [-0.1, -0.05) is 34.9 Å². The highest BCUT2D eigenvalue weighted by molar-refractivity contribution is 7.52. The van der Waals surface area contributed by atoms with Gasteiger partial charge in [-0.3, -0.25) is 9.09 Å². The lowest BCUT2D eigenvalue weighted by molar-refractivity contribution is -0.293. The van der Waals surface area contributed by atoms with Gasteiger partial charge in [-0.2, -0.15) is 9.97 Å². The van der Waals surface area contributed by atoms with Crippen LogP contribution in [0.4, 0.5) is 5.95 Å². The zero-order chi connectivity index (χ0) is 27.1. The Morgan fingerprint density at radius 1 is 1.37 bits per heavy atom. The van der Waals surface area contributed by atoms with Crippen LogP contribution in [0.15, 0.2) is 41.8 Å². The van der Waals surface area contributed by atoms with Crippen molar-refractivity contribution in [3.05, 3.63) is 52.3 Å². The van der Waals surface area contributed by atoms with E-state index in [1.807, 2.05) is 0 Å². The molecule has 0 radical (unpaired) electrons. The number of nitrogen functional groups attached to an aromatic ring is 1. The number of ether oxygens (including phenoxy) is 1. The Balaban J connectivity index is 1.51. The van der Waals surface area contributed by atoms with Crippen LogP contribution in [0.3, 0.4) is 0 Å². The van der Waals surface area contributed by atoms with E-state index in [-0.39, 0.29) is 30.7 Å². The summed E-state index contributed by atoms with van der Waals surface area (Å²) in [6, 6.07) is 7.45. The summed E-state index contributed by atoms with van der Waals surface area (Å²) in [5.41, 5.74) is 15.6. The molecule has 2 aromatic heterocycles. The number of halogens is 1. The minimum atomic E-state index is -3.95. The van der Waals surface area contributed by atoms with Gasteiger partial charge in [0.05, 0.1) is 38.3 Å². The average Bonchev–Trinajstić information content (AvgIpc) is 3.48. The maximum atomic E-state index is 13.7. The lowest BCUT2D eigenvalue weighted by atomic mass is 10.1. The van der Waals surface area contributed by atoms with Crippen LogP contribution < -0.4 is 15.3 Å². The molecule has 17 heteroatoms. The van der Waals surface area contributed by atoms with Crippen molar-refractivity contribution in [2.24, 2.45) is 5.11 Å². The number of fused-ring (bicyclic) bond motifs is 1. The molecule has 1 aromatic carbocycles. The average molecular weight is 568 g/mol. The molecule has 5 atom stereocenters. The molecule has 1 aliphatic rings. The number of hydrogen-bond acceptors (Lipinski definition) is 11. The summed E-state index contributed by atoms with van der Waals surface area (Å²) in [6.45, 7) is 3.74. The zero-order valence-corrected chi connectivity index (χ0v) is 22.2. The molecular formula is C21H27ClN9O6P. The molecule has 0 spiro atoms. The van der Waals surface area contributed by atoms with Crippen LogP contribution in [0.5, 0.6) is 5.75 Å². The molecule has 15 nitrogen and oxygen atoms in total. The summed E-state index contributed by atoms with van der Waals surface area (Å²) < 4.78 is 33.0. The van der Waals surface area contributed by atoms with Gasteiger partial charge < -0.3 is 15.0 Å². The van der Waals surface area contributed by atoms with Gasteiger partial charge in [0.25, 0.3) is 0 Å². The second-order valence-electron chi connectivity index (χ2n) is 8.25. The third kappa shape index (κ3) is 6.90. The third-order valence-electron chi connectivity index (χ3n) is 5.39. The predicted octanol–water partition coefficient (Wildman–Crippen LogP) is 4.18. The van der Waals surface area contributed by atoms with Crippen molar-refractivity contribution in [2.45, 2.75) is 44.7 Å². The molecule has 38 heavy (non-hydrogen) atoms. The lowest BCUT2D eigenvalue weighted by Crippen LogP contribution is -2.33. The fourth-order valence-corrected chi connectivity index (χ4v) is 5.51. The summed E-state index contributed by atoms with van der Waals surface area (Å²) in [5, 5.41) is 6.78. The van der Waals surface area contributed by atoms with Gasteiger partial charge in [-0.25, -0.2) is 24.4 Å². The second-order valence-corrected chi connectivity index (χ2v) is 10.3. The molecule has 0 bridgehead atoms. The van der Waals surface area contributed by atoms with E-state index in [4.69, 9.17) is 46.4 Å². The van der Waals surface area contributed by atoms with Gasteiger partial charge in [0.2, 0.25) is 5.95 Å². The fraction of sp³-hybridized carbons (Fsp3) is 0.476. The van der Waals surface area contributed by atoms with Crippen molar-refractivity contribution in [3.63, 3.8) is 0 Å². The predicted molar refractivity (Wildman–Crippen MR) is 137 cm³/mol. The molecule has 0 aliphatic carbocycles. The minimum absolute atomic E-state index is 0.0266. The first-order valence-electron chi connectivity index (χ1n) is 11.7. The molecule has 1 aliphatic heterocycles. The fourth-order valence-electron chi connectivity index (χ4n) is 3.75. The molecule has 0 amide bonds. The van der Waals surface area contributed by atoms with Crippen molar-refractivity contribution in [1.29, 1.82) is 0 Å². The van der Waals surface area contributed by atoms with Gasteiger partial charge in [-0.05, 0) is 31.5 Å². The van der Waals surface area contributed by atoms with E-state index in [1.54, 1.807) is 48.7 Å². The van der Waals surface area contributed by atoms with Crippen LogP contribution in [0.25, 0.3) is 21.6 Å². The number of azide groups is 1. The normalized spacial score (nSPS) is 21.6. The number of rotatable bonds is 13. The molecule has 4 rings (SSSR count). The highest BCUT2D eigenvalue weighted by atomic mass is 35.5. The molecule has 2 unspecified atom stereocenters. The molecule has 3 aromatic rings. The Hall–Kier alpha value is -3.00. The van der Waals surface area contributed by atoms with E-state index in [1.165, 1.54) is 6.33 Å². The lowest BCUT2D eigenvalue weighted by Gasteiger charge is -2.25. The number of aromatic nitrogens is 4. The number of benzene rings is 1. The van der Waals surface area contributed by atoms with Gasteiger partial charge in [0.1, 0.15) is 17.5 Å². The Kier molecular flexibility index (Phi) is 9.36. The minimum Gasteiger partial charge on any atom is -0.413 e. The first kappa shape index (κ1) is 28.0. The Morgan fingerprint density at radius 2 is 2.16 bits per heavy atom. The number of anilines is 1. The van der Waals surface area contributed by atoms with E-state index in [0.29, 0.717) is 23.5 Å². The van der Waals surface area contributed by atoms with Gasteiger partial charge >= 0.3 is 7.75 Å². The van der Waals surface area contributed by atoms with Crippen molar-refractivity contribution in [3.8, 4) is 5.75 Å². The van der Waals surface area contributed by atoms with E-state index < -0.39 is 32.2 Å². The van der Waals surface area contributed by atoms with Crippen LogP contribution in [-0.2, 0) is 23.6 Å². The van der Waals surface area contributed by atoms with E-state index in [2.05, 4.69) is 30.1 Å². The zero-order valence-electron chi connectivity index (χ0n) is 20.6. The van der Waals surface area contributed by atoms with Crippen LogP contribution in [0.2, 0.25) is 5.15 Å². The van der Waals surface area contributed by atoms with Crippen LogP contribution in [0.1, 0.15) is 26.5 Å². The van der Waals surface area contributed by atoms with Crippen LogP contribution in [0, 0.1) is 0 Å². The van der Waals surface area contributed by atoms with Crippen LogP contribution >= 0.6 is 19.3 Å². The van der Waals surface area contributed by atoms with Crippen LogP contribution in [-0.4, -0.2) is 57.5 Å². The molecule has 204 valence electrons. The van der Waals surface area contributed by atoms with E-state index >= 15 is 0 Å². The summed E-state index contributed by atoms with van der Waals surface area (Å²) in [5.74, 6) is 0.304. The Bertz CT molecular complexity index is 1330. The van der Waals surface area contributed by atoms with Crippen molar-refractivity contribution < 1.29 is 28.1 Å². The smallest absolute Gasteiger partial charge is 0.413 e. The number of hydrogen-bond donors (Lipinski definition) is 2. The summed E-state index contributed by atoms with van der Waals surface area (Å²) >= 11 is 6.13.